The van der Waals surface area contributed by atoms with Gasteiger partial charge in [0.2, 0.25) is 0 Å². The number of thiophene rings is 1. The zero-order valence-corrected chi connectivity index (χ0v) is 9.25. The van der Waals surface area contributed by atoms with Crippen LogP contribution in [-0.4, -0.2) is 0 Å². The Morgan fingerprint density at radius 3 is 2.77 bits per heavy atom. The van der Waals surface area contributed by atoms with E-state index in [0.717, 1.165) is 5.02 Å². The monoisotopic (exact) mass is 210 g/mol. The Labute approximate surface area is 87.2 Å². The lowest BCUT2D eigenvalue weighted by Crippen LogP contribution is -1.82. The van der Waals surface area contributed by atoms with Crippen molar-refractivity contribution in [2.45, 2.75) is 19.8 Å². The second-order valence-corrected chi connectivity index (χ2v) is 4.75. The minimum Gasteiger partial charge on any atom is -0.142 e. The predicted molar refractivity (Wildman–Crippen MR) is 60.9 cm³/mol. The van der Waals surface area contributed by atoms with Crippen LogP contribution in [0.2, 0.25) is 5.02 Å². The van der Waals surface area contributed by atoms with E-state index in [2.05, 4.69) is 25.3 Å². The van der Waals surface area contributed by atoms with Crippen LogP contribution >= 0.6 is 22.9 Å². The van der Waals surface area contributed by atoms with Crippen molar-refractivity contribution in [1.82, 2.24) is 0 Å². The molecular formula is C11H11ClS. The van der Waals surface area contributed by atoms with Crippen LogP contribution in [0.25, 0.3) is 10.1 Å². The van der Waals surface area contributed by atoms with E-state index in [1.54, 1.807) is 11.3 Å². The molecule has 0 bridgehead atoms. The van der Waals surface area contributed by atoms with Gasteiger partial charge in [0.1, 0.15) is 0 Å². The molecule has 0 aliphatic carbocycles. The quantitative estimate of drug-likeness (QED) is 0.641. The molecule has 1 aromatic carbocycles. The van der Waals surface area contributed by atoms with Gasteiger partial charge in [0.25, 0.3) is 0 Å². The highest BCUT2D eigenvalue weighted by Crippen LogP contribution is 2.35. The molecule has 2 rings (SSSR count). The number of halogens is 1. The van der Waals surface area contributed by atoms with Crippen LogP contribution in [0.3, 0.4) is 0 Å². The molecule has 1 heterocycles. The molecule has 0 N–H and O–H groups in total. The van der Waals surface area contributed by atoms with Crippen LogP contribution in [0.4, 0.5) is 0 Å². The highest BCUT2D eigenvalue weighted by atomic mass is 35.5. The maximum absolute atomic E-state index is 6.09. The van der Waals surface area contributed by atoms with Gasteiger partial charge in [-0.05, 0) is 28.3 Å². The van der Waals surface area contributed by atoms with Crippen molar-refractivity contribution in [3.05, 3.63) is 34.2 Å². The molecule has 0 radical (unpaired) electrons. The number of hydrogen-bond donors (Lipinski definition) is 0. The third kappa shape index (κ3) is 1.47. The van der Waals surface area contributed by atoms with Crippen molar-refractivity contribution in [3.8, 4) is 0 Å². The van der Waals surface area contributed by atoms with E-state index in [0.29, 0.717) is 5.92 Å². The zero-order chi connectivity index (χ0) is 9.42. The van der Waals surface area contributed by atoms with E-state index in [-0.39, 0.29) is 0 Å². The lowest BCUT2D eigenvalue weighted by molar-refractivity contribution is 0.880. The average Bonchev–Trinajstić information content (AvgIpc) is 2.48. The summed E-state index contributed by atoms with van der Waals surface area (Å²) in [5, 5.41) is 4.39. The van der Waals surface area contributed by atoms with Crippen LogP contribution < -0.4 is 0 Å². The Bertz CT molecular complexity index is 429. The van der Waals surface area contributed by atoms with E-state index in [9.17, 15) is 0 Å². The Morgan fingerprint density at radius 2 is 2.08 bits per heavy atom. The Balaban J connectivity index is 2.75. The molecule has 13 heavy (non-hydrogen) atoms. The van der Waals surface area contributed by atoms with Crippen molar-refractivity contribution >= 4 is 33.0 Å². The van der Waals surface area contributed by atoms with Gasteiger partial charge < -0.3 is 0 Å². The maximum atomic E-state index is 6.09. The molecule has 0 aliphatic heterocycles. The van der Waals surface area contributed by atoms with Gasteiger partial charge in [-0.2, -0.15) is 0 Å². The first kappa shape index (κ1) is 9.04. The second-order valence-electron chi connectivity index (χ2n) is 3.46. The minimum atomic E-state index is 0.576. The standard InChI is InChI=1S/C11H11ClS/c1-7(2)9-6-13-11-8(9)4-3-5-10(11)12/h3-7H,1-2H3. The summed E-state index contributed by atoms with van der Waals surface area (Å²) in [4.78, 5) is 0. The van der Waals surface area contributed by atoms with Gasteiger partial charge in [0.05, 0.1) is 9.72 Å². The normalized spacial score (nSPS) is 11.4. The number of benzene rings is 1. The van der Waals surface area contributed by atoms with Gasteiger partial charge in [-0.25, -0.2) is 0 Å². The van der Waals surface area contributed by atoms with E-state index in [4.69, 9.17) is 11.6 Å². The van der Waals surface area contributed by atoms with E-state index >= 15 is 0 Å². The fourth-order valence-corrected chi connectivity index (χ4v) is 2.93. The topological polar surface area (TPSA) is 0 Å². The highest BCUT2D eigenvalue weighted by molar-refractivity contribution is 7.18. The van der Waals surface area contributed by atoms with Gasteiger partial charge in [-0.1, -0.05) is 37.6 Å². The summed E-state index contributed by atoms with van der Waals surface area (Å²) >= 11 is 7.82. The molecule has 0 aliphatic rings. The van der Waals surface area contributed by atoms with E-state index in [1.807, 2.05) is 12.1 Å². The van der Waals surface area contributed by atoms with Gasteiger partial charge in [-0.3, -0.25) is 0 Å². The average molecular weight is 211 g/mol. The Hall–Kier alpha value is -0.530. The predicted octanol–water partition coefficient (Wildman–Crippen LogP) is 4.68. The van der Waals surface area contributed by atoms with Crippen LogP contribution in [0.1, 0.15) is 25.3 Å². The van der Waals surface area contributed by atoms with Crippen LogP contribution in [-0.2, 0) is 0 Å². The van der Waals surface area contributed by atoms with Crippen molar-refractivity contribution in [2.75, 3.05) is 0 Å². The summed E-state index contributed by atoms with van der Waals surface area (Å²) in [5.41, 5.74) is 1.41. The molecule has 0 atom stereocenters. The SMILES string of the molecule is CC(C)c1csc2c(Cl)cccc12. The van der Waals surface area contributed by atoms with E-state index in [1.165, 1.54) is 15.6 Å². The third-order valence-corrected chi connectivity index (χ3v) is 3.68. The third-order valence-electron chi connectivity index (χ3n) is 2.20. The number of fused-ring (bicyclic) bond motifs is 1. The van der Waals surface area contributed by atoms with Crippen LogP contribution in [0.5, 0.6) is 0 Å². The lowest BCUT2D eigenvalue weighted by Gasteiger charge is -2.02. The molecule has 1 aromatic heterocycles. The lowest BCUT2D eigenvalue weighted by atomic mass is 10.0. The van der Waals surface area contributed by atoms with Crippen molar-refractivity contribution < 1.29 is 0 Å². The fourth-order valence-electron chi connectivity index (χ4n) is 1.49. The zero-order valence-electron chi connectivity index (χ0n) is 7.67. The Kier molecular flexibility index (Phi) is 2.31. The molecule has 2 aromatic rings. The first-order valence-electron chi connectivity index (χ1n) is 4.35. The highest BCUT2D eigenvalue weighted by Gasteiger charge is 2.08. The first-order chi connectivity index (χ1) is 6.20. The van der Waals surface area contributed by atoms with Crippen molar-refractivity contribution in [1.29, 1.82) is 0 Å². The number of rotatable bonds is 1. The molecule has 0 saturated heterocycles. The van der Waals surface area contributed by atoms with Gasteiger partial charge in [0, 0.05) is 0 Å². The largest absolute Gasteiger partial charge is 0.142 e. The summed E-state index contributed by atoms with van der Waals surface area (Å²) in [6.07, 6.45) is 0. The summed E-state index contributed by atoms with van der Waals surface area (Å²) in [6, 6.07) is 6.11. The minimum absolute atomic E-state index is 0.576. The molecule has 0 fully saturated rings. The van der Waals surface area contributed by atoms with Crippen LogP contribution in [0, 0.1) is 0 Å². The fraction of sp³-hybridized carbons (Fsp3) is 0.273. The molecule has 0 amide bonds. The molecule has 0 unspecified atom stereocenters. The van der Waals surface area contributed by atoms with E-state index < -0.39 is 0 Å². The molecule has 0 spiro atoms. The molecule has 0 saturated carbocycles. The molecule has 0 nitrogen and oxygen atoms in total. The smallest absolute Gasteiger partial charge is 0.0584 e. The summed E-state index contributed by atoms with van der Waals surface area (Å²) in [5.74, 6) is 0.576. The molecular weight excluding hydrogens is 200 g/mol. The van der Waals surface area contributed by atoms with Crippen molar-refractivity contribution in [3.63, 3.8) is 0 Å². The summed E-state index contributed by atoms with van der Waals surface area (Å²) in [6.45, 7) is 4.42. The van der Waals surface area contributed by atoms with Gasteiger partial charge >= 0.3 is 0 Å². The second kappa shape index (κ2) is 3.32. The first-order valence-corrected chi connectivity index (χ1v) is 5.61. The summed E-state index contributed by atoms with van der Waals surface area (Å²) < 4.78 is 1.22. The Morgan fingerprint density at radius 1 is 1.31 bits per heavy atom. The maximum Gasteiger partial charge on any atom is 0.0584 e. The number of hydrogen-bond acceptors (Lipinski definition) is 1. The van der Waals surface area contributed by atoms with Gasteiger partial charge in [0.15, 0.2) is 0 Å². The van der Waals surface area contributed by atoms with Gasteiger partial charge in [-0.15, -0.1) is 11.3 Å². The van der Waals surface area contributed by atoms with Crippen LogP contribution in [0.15, 0.2) is 23.6 Å². The molecule has 68 valence electrons. The summed E-state index contributed by atoms with van der Waals surface area (Å²) in [7, 11) is 0. The molecule has 2 heteroatoms. The van der Waals surface area contributed by atoms with Crippen molar-refractivity contribution in [2.24, 2.45) is 0 Å².